The fourth-order valence-corrected chi connectivity index (χ4v) is 4.61. The number of rotatable bonds is 14. The van der Waals surface area contributed by atoms with Crippen LogP contribution in [0.25, 0.3) is 0 Å². The van der Waals surface area contributed by atoms with E-state index in [1.54, 1.807) is 19.1 Å². The summed E-state index contributed by atoms with van der Waals surface area (Å²) >= 11 is 0. The number of halogens is 1. The van der Waals surface area contributed by atoms with E-state index in [9.17, 15) is 27.8 Å². The zero-order valence-electron chi connectivity index (χ0n) is 22.7. The van der Waals surface area contributed by atoms with Gasteiger partial charge in [-0.05, 0) is 56.0 Å². The van der Waals surface area contributed by atoms with E-state index < -0.39 is 64.4 Å². The molecular weight excluding hydrogens is 525 g/mol. The Morgan fingerprint density at radius 3 is 2.23 bits per heavy atom. The van der Waals surface area contributed by atoms with Gasteiger partial charge in [0.05, 0.1) is 6.61 Å². The lowest BCUT2D eigenvalue weighted by atomic mass is 10.0. The Hall–Kier alpha value is -3.60. The molecule has 0 fully saturated rings. The molecule has 0 aliphatic carbocycles. The molecule has 2 aromatic rings. The van der Waals surface area contributed by atoms with Gasteiger partial charge < -0.3 is 20.3 Å². The van der Waals surface area contributed by atoms with Gasteiger partial charge in [0.1, 0.15) is 29.9 Å². The molecule has 0 unspecified atom stereocenters. The van der Waals surface area contributed by atoms with Crippen molar-refractivity contribution < 1.29 is 32.5 Å². The van der Waals surface area contributed by atoms with Gasteiger partial charge in [0.2, 0.25) is 17.7 Å². The van der Waals surface area contributed by atoms with Crippen LogP contribution >= 0.6 is 0 Å². The minimum atomic E-state index is -1.90. The number of hydrogen-bond acceptors (Lipinski definition) is 6. The molecule has 0 radical (unpaired) electrons. The lowest BCUT2D eigenvalue weighted by molar-refractivity contribution is -0.151. The van der Waals surface area contributed by atoms with E-state index in [-0.39, 0.29) is 25.5 Å². The predicted molar refractivity (Wildman–Crippen MR) is 148 cm³/mol. The molecule has 0 aliphatic rings. The quantitative estimate of drug-likeness (QED) is 0.342. The number of aryl methyl sites for hydroxylation is 1. The summed E-state index contributed by atoms with van der Waals surface area (Å²) in [4.78, 5) is 52.3. The molecule has 3 amide bonds. The largest absolute Gasteiger partial charge is 0.465 e. The van der Waals surface area contributed by atoms with Crippen molar-refractivity contribution in [3.05, 3.63) is 65.5 Å². The highest BCUT2D eigenvalue weighted by molar-refractivity contribution is 7.86. The Kier molecular flexibility index (Phi) is 12.7. The van der Waals surface area contributed by atoms with Crippen LogP contribution in [-0.2, 0) is 41.3 Å². The molecule has 2 rings (SSSR count). The van der Waals surface area contributed by atoms with Crippen molar-refractivity contribution in [3.8, 4) is 0 Å². The third-order valence-electron chi connectivity index (χ3n) is 5.59. The lowest BCUT2D eigenvalue weighted by Crippen LogP contribution is -2.53. The highest BCUT2D eigenvalue weighted by Gasteiger charge is 2.33. The summed E-state index contributed by atoms with van der Waals surface area (Å²) in [6, 6.07) is 11.6. The number of nitrogens with one attached hydrogen (secondary N) is 2. The van der Waals surface area contributed by atoms with Crippen LogP contribution in [0.15, 0.2) is 48.5 Å². The first-order valence-corrected chi connectivity index (χ1v) is 14.2. The summed E-state index contributed by atoms with van der Waals surface area (Å²) in [7, 11) is -1.90. The fraction of sp³-hybridized carbons (Fsp3) is 0.429. The van der Waals surface area contributed by atoms with Gasteiger partial charge in [-0.1, -0.05) is 43.7 Å². The summed E-state index contributed by atoms with van der Waals surface area (Å²) in [6.45, 7) is 6.90. The third kappa shape index (κ3) is 11.4. The van der Waals surface area contributed by atoms with Crippen LogP contribution in [-0.4, -0.2) is 63.5 Å². The fourth-order valence-electron chi connectivity index (χ4n) is 3.70. The van der Waals surface area contributed by atoms with Crippen molar-refractivity contribution in [2.45, 2.75) is 46.7 Å². The molecular formula is C28H36FN3O6S. The van der Waals surface area contributed by atoms with Crippen molar-refractivity contribution >= 4 is 40.2 Å². The second kappa shape index (κ2) is 15.7. The summed E-state index contributed by atoms with van der Waals surface area (Å²) in [5.41, 5.74) is 2.20. The van der Waals surface area contributed by atoms with E-state index in [0.717, 1.165) is 10.5 Å². The lowest BCUT2D eigenvalue weighted by Gasteiger charge is -2.31. The molecule has 2 atom stereocenters. The summed E-state index contributed by atoms with van der Waals surface area (Å²) in [6.07, 6.45) is 0.223. The number of nitrogens with zero attached hydrogens (tertiary/aromatic N) is 1. The Morgan fingerprint density at radius 2 is 1.64 bits per heavy atom. The minimum absolute atomic E-state index is 0.0325. The van der Waals surface area contributed by atoms with Crippen LogP contribution in [0.3, 0.4) is 0 Å². The van der Waals surface area contributed by atoms with Gasteiger partial charge in [0.15, 0.2) is 0 Å². The van der Waals surface area contributed by atoms with Crippen molar-refractivity contribution in [1.29, 1.82) is 0 Å². The first-order valence-electron chi connectivity index (χ1n) is 12.7. The number of amides is 3. The molecule has 0 aliphatic heterocycles. The van der Waals surface area contributed by atoms with Gasteiger partial charge in [0, 0.05) is 23.0 Å². The second-order valence-electron chi connectivity index (χ2n) is 9.46. The molecule has 0 saturated heterocycles. The third-order valence-corrected chi connectivity index (χ3v) is 6.74. The minimum Gasteiger partial charge on any atom is -0.465 e. The van der Waals surface area contributed by atoms with Crippen LogP contribution < -0.4 is 10.6 Å². The van der Waals surface area contributed by atoms with E-state index in [2.05, 4.69) is 10.6 Å². The van der Waals surface area contributed by atoms with E-state index in [4.69, 9.17) is 4.74 Å². The molecule has 9 nitrogen and oxygen atoms in total. The first kappa shape index (κ1) is 31.6. The maximum absolute atomic E-state index is 13.3. The van der Waals surface area contributed by atoms with Crippen LogP contribution in [0.4, 0.5) is 10.1 Å². The Balaban J connectivity index is 2.14. The summed E-state index contributed by atoms with van der Waals surface area (Å²) in [5, 5.41) is 5.37. The van der Waals surface area contributed by atoms with Gasteiger partial charge in [-0.2, -0.15) is 0 Å². The number of carbonyl (C=O) groups excluding carboxylic acids is 4. The molecule has 212 valence electrons. The standard InChI is InChI=1S/C28H36FN3O6S/c1-5-38-27(35)16-32(24(14-19(2)3)28(36)30-15-21-8-10-22(29)11-9-21)26(34)18-39(37)17-25(33)31-23-12-6-20(4)7-13-23/h6-13,19,24H,5,14-18H2,1-4H3,(H,30,36)(H,31,33)/t24-,39+/m1/s1. The van der Waals surface area contributed by atoms with Crippen molar-refractivity contribution in [2.24, 2.45) is 5.92 Å². The molecule has 2 aromatic carbocycles. The average Bonchev–Trinajstić information content (AvgIpc) is 2.86. The highest BCUT2D eigenvalue weighted by atomic mass is 32.2. The van der Waals surface area contributed by atoms with E-state index in [0.29, 0.717) is 11.3 Å². The van der Waals surface area contributed by atoms with Crippen molar-refractivity contribution in [3.63, 3.8) is 0 Å². The van der Waals surface area contributed by atoms with Crippen LogP contribution in [0, 0.1) is 18.7 Å². The van der Waals surface area contributed by atoms with Crippen LogP contribution in [0.5, 0.6) is 0 Å². The highest BCUT2D eigenvalue weighted by Crippen LogP contribution is 2.15. The van der Waals surface area contributed by atoms with Gasteiger partial charge in [-0.25, -0.2) is 4.39 Å². The van der Waals surface area contributed by atoms with Gasteiger partial charge in [0.25, 0.3) is 0 Å². The molecule has 11 heteroatoms. The average molecular weight is 562 g/mol. The summed E-state index contributed by atoms with van der Waals surface area (Å²) < 4.78 is 31.0. The normalized spacial score (nSPS) is 12.4. The molecule has 0 bridgehead atoms. The summed E-state index contributed by atoms with van der Waals surface area (Å²) in [5.74, 6) is -3.91. The van der Waals surface area contributed by atoms with Crippen LogP contribution in [0.2, 0.25) is 0 Å². The SMILES string of the molecule is CCOC(=O)CN(C(=O)C[S@@](=O)CC(=O)Nc1ccc(C)cc1)[C@H](CC(C)C)C(=O)NCc1ccc(F)cc1. The molecule has 0 heterocycles. The van der Waals surface area contributed by atoms with Crippen molar-refractivity contribution in [1.82, 2.24) is 10.2 Å². The van der Waals surface area contributed by atoms with E-state index >= 15 is 0 Å². The second-order valence-corrected chi connectivity index (χ2v) is 10.9. The molecule has 0 spiro atoms. The maximum atomic E-state index is 13.3. The topological polar surface area (TPSA) is 122 Å². The zero-order chi connectivity index (χ0) is 28.9. The Morgan fingerprint density at radius 1 is 1.00 bits per heavy atom. The predicted octanol–water partition coefficient (Wildman–Crippen LogP) is 2.94. The number of esters is 1. The Labute approximate surface area is 230 Å². The molecule has 0 saturated carbocycles. The van der Waals surface area contributed by atoms with Gasteiger partial charge >= 0.3 is 5.97 Å². The van der Waals surface area contributed by atoms with Crippen LogP contribution in [0.1, 0.15) is 38.3 Å². The Bertz CT molecular complexity index is 1150. The smallest absolute Gasteiger partial charge is 0.325 e. The first-order chi connectivity index (χ1) is 18.5. The molecule has 0 aromatic heterocycles. The molecule has 2 N–H and O–H groups in total. The van der Waals surface area contributed by atoms with Crippen molar-refractivity contribution in [2.75, 3.05) is 30.0 Å². The zero-order valence-corrected chi connectivity index (χ0v) is 23.5. The number of anilines is 1. The van der Waals surface area contributed by atoms with Gasteiger partial charge in [-0.3, -0.25) is 23.4 Å². The number of hydrogen-bond donors (Lipinski definition) is 2. The monoisotopic (exact) mass is 561 g/mol. The number of ether oxygens (including phenoxy) is 1. The van der Waals surface area contributed by atoms with E-state index in [1.165, 1.54) is 24.3 Å². The van der Waals surface area contributed by atoms with Gasteiger partial charge in [-0.15, -0.1) is 0 Å². The number of benzene rings is 2. The number of carbonyl (C=O) groups is 4. The van der Waals surface area contributed by atoms with E-state index in [1.807, 2.05) is 32.9 Å². The molecule has 39 heavy (non-hydrogen) atoms. The maximum Gasteiger partial charge on any atom is 0.325 e.